The maximum Gasteiger partial charge on any atom is 0.124 e. The summed E-state index contributed by atoms with van der Waals surface area (Å²) in [6.45, 7) is 1.29. The molecule has 0 radical (unpaired) electrons. The van der Waals surface area contributed by atoms with E-state index in [1.807, 2.05) is 7.05 Å². The van der Waals surface area contributed by atoms with Gasteiger partial charge in [-0.3, -0.25) is 4.90 Å². The maximum atomic E-state index is 13.2. The van der Waals surface area contributed by atoms with Gasteiger partial charge in [-0.25, -0.2) is 4.39 Å². The molecule has 0 aliphatic heterocycles. The average molecular weight is 422 g/mol. The highest BCUT2D eigenvalue weighted by molar-refractivity contribution is 9.10. The van der Waals surface area contributed by atoms with E-state index in [0.717, 1.165) is 21.1 Å². The fraction of sp³-hybridized carbons (Fsp3) is 0.286. The third kappa shape index (κ3) is 3.89. The van der Waals surface area contributed by atoms with Crippen molar-refractivity contribution >= 4 is 43.2 Å². The monoisotopic (exact) mass is 420 g/mol. The van der Waals surface area contributed by atoms with E-state index in [1.54, 1.807) is 17.4 Å². The van der Waals surface area contributed by atoms with Crippen molar-refractivity contribution in [3.8, 4) is 0 Å². The Morgan fingerprint density at radius 3 is 2.65 bits per heavy atom. The van der Waals surface area contributed by atoms with Crippen LogP contribution in [0.1, 0.15) is 16.5 Å². The van der Waals surface area contributed by atoms with E-state index in [2.05, 4.69) is 48.2 Å². The summed E-state index contributed by atoms with van der Waals surface area (Å²) in [4.78, 5) is 3.44. The minimum absolute atomic E-state index is 0.0471. The number of hydrogen-bond acceptors (Lipinski definition) is 3. The summed E-state index contributed by atoms with van der Waals surface area (Å²) in [6, 6.07) is 6.89. The van der Waals surface area contributed by atoms with Gasteiger partial charge in [0.25, 0.3) is 0 Å². The highest BCUT2D eigenvalue weighted by Gasteiger charge is 2.19. The largest absolute Gasteiger partial charge is 0.329 e. The number of thiophene rings is 1. The quantitative estimate of drug-likeness (QED) is 0.767. The molecule has 1 unspecified atom stereocenters. The van der Waals surface area contributed by atoms with Crippen LogP contribution in [0.25, 0.3) is 0 Å². The summed E-state index contributed by atoms with van der Waals surface area (Å²) in [6.07, 6.45) is 0. The smallest absolute Gasteiger partial charge is 0.124 e. The van der Waals surface area contributed by atoms with Crippen LogP contribution >= 0.6 is 43.2 Å². The van der Waals surface area contributed by atoms with Crippen LogP contribution in [0.4, 0.5) is 4.39 Å². The molecule has 0 aliphatic rings. The number of likely N-dealkylation sites (N-methyl/N-ethyl adjacent to an activating group) is 1. The van der Waals surface area contributed by atoms with Crippen molar-refractivity contribution in [2.45, 2.75) is 12.6 Å². The molecule has 108 valence electrons. The lowest BCUT2D eigenvalue weighted by Gasteiger charge is -2.27. The number of hydrogen-bond donors (Lipinski definition) is 1. The molecule has 1 atom stereocenters. The van der Waals surface area contributed by atoms with Crippen molar-refractivity contribution in [1.82, 2.24) is 4.90 Å². The summed E-state index contributed by atoms with van der Waals surface area (Å²) in [5.74, 6) is -0.249. The SMILES string of the molecule is CN(Cc1cc(Br)cs1)C(CN)c1ccc(F)cc1Br. The summed E-state index contributed by atoms with van der Waals surface area (Å²) in [5.41, 5.74) is 6.92. The van der Waals surface area contributed by atoms with Gasteiger partial charge in [0.2, 0.25) is 0 Å². The zero-order valence-electron chi connectivity index (χ0n) is 10.9. The lowest BCUT2D eigenvalue weighted by atomic mass is 10.1. The third-order valence-electron chi connectivity index (χ3n) is 3.10. The molecule has 0 bridgehead atoms. The van der Waals surface area contributed by atoms with Crippen LogP contribution in [0.5, 0.6) is 0 Å². The number of halogens is 3. The molecule has 2 aromatic rings. The Hall–Kier alpha value is -0.270. The summed E-state index contributed by atoms with van der Waals surface area (Å²) in [5, 5.41) is 2.06. The number of nitrogens with zero attached hydrogens (tertiary/aromatic N) is 1. The summed E-state index contributed by atoms with van der Waals surface area (Å²) >= 11 is 8.58. The molecule has 1 aromatic heterocycles. The molecule has 2 rings (SSSR count). The van der Waals surface area contributed by atoms with Gasteiger partial charge >= 0.3 is 0 Å². The molecule has 20 heavy (non-hydrogen) atoms. The Morgan fingerprint density at radius 2 is 2.10 bits per heavy atom. The molecule has 0 fully saturated rings. The van der Waals surface area contributed by atoms with Gasteiger partial charge in [0, 0.05) is 38.3 Å². The van der Waals surface area contributed by atoms with Crippen LogP contribution < -0.4 is 5.73 Å². The highest BCUT2D eigenvalue weighted by Crippen LogP contribution is 2.29. The van der Waals surface area contributed by atoms with Crippen LogP contribution in [0, 0.1) is 5.82 Å². The van der Waals surface area contributed by atoms with Crippen LogP contribution in [0.15, 0.2) is 38.6 Å². The standard InChI is InChI=1S/C14H15Br2FN2S/c1-19(7-11-4-9(15)8-20-11)14(6-18)12-3-2-10(17)5-13(12)16/h2-5,8,14H,6-7,18H2,1H3. The molecule has 0 saturated carbocycles. The van der Waals surface area contributed by atoms with E-state index in [4.69, 9.17) is 5.73 Å². The van der Waals surface area contributed by atoms with Crippen LogP contribution in [-0.2, 0) is 6.54 Å². The lowest BCUT2D eigenvalue weighted by Crippen LogP contribution is -2.30. The van der Waals surface area contributed by atoms with Gasteiger partial charge in [0.15, 0.2) is 0 Å². The Balaban J connectivity index is 2.18. The minimum atomic E-state index is -0.249. The van der Waals surface area contributed by atoms with E-state index < -0.39 is 0 Å². The van der Waals surface area contributed by atoms with Gasteiger partial charge < -0.3 is 5.73 Å². The van der Waals surface area contributed by atoms with E-state index >= 15 is 0 Å². The van der Waals surface area contributed by atoms with E-state index in [-0.39, 0.29) is 11.9 Å². The number of benzene rings is 1. The predicted molar refractivity (Wildman–Crippen MR) is 89.4 cm³/mol. The molecule has 2 N–H and O–H groups in total. The first kappa shape index (κ1) is 16.1. The van der Waals surface area contributed by atoms with Gasteiger partial charge in [-0.05, 0) is 46.7 Å². The maximum absolute atomic E-state index is 13.2. The van der Waals surface area contributed by atoms with Gasteiger partial charge in [-0.15, -0.1) is 11.3 Å². The van der Waals surface area contributed by atoms with Crippen molar-refractivity contribution in [1.29, 1.82) is 0 Å². The molecule has 0 amide bonds. The van der Waals surface area contributed by atoms with Crippen molar-refractivity contribution in [3.05, 3.63) is 54.8 Å². The first-order valence-corrected chi connectivity index (χ1v) is 8.56. The summed E-state index contributed by atoms with van der Waals surface area (Å²) < 4.78 is 15.0. The van der Waals surface area contributed by atoms with E-state index in [1.165, 1.54) is 17.0 Å². The van der Waals surface area contributed by atoms with Crippen LogP contribution in [-0.4, -0.2) is 18.5 Å². The molecule has 6 heteroatoms. The van der Waals surface area contributed by atoms with E-state index in [0.29, 0.717) is 6.54 Å². The van der Waals surface area contributed by atoms with Gasteiger partial charge in [-0.2, -0.15) is 0 Å². The number of rotatable bonds is 5. The van der Waals surface area contributed by atoms with Gasteiger partial charge in [0.05, 0.1) is 0 Å². The predicted octanol–water partition coefficient (Wildman–Crippen LogP) is 4.54. The first-order valence-electron chi connectivity index (χ1n) is 6.09. The Morgan fingerprint density at radius 1 is 1.35 bits per heavy atom. The van der Waals surface area contributed by atoms with Gasteiger partial charge in [-0.1, -0.05) is 22.0 Å². The van der Waals surface area contributed by atoms with E-state index in [9.17, 15) is 4.39 Å². The number of nitrogens with two attached hydrogens (primary N) is 1. The average Bonchev–Trinajstić information content (AvgIpc) is 2.78. The normalized spacial score (nSPS) is 12.9. The second-order valence-electron chi connectivity index (χ2n) is 4.56. The zero-order valence-corrected chi connectivity index (χ0v) is 14.9. The fourth-order valence-corrected chi connectivity index (χ4v) is 4.24. The molecule has 0 spiro atoms. The second-order valence-corrected chi connectivity index (χ2v) is 7.33. The molecule has 1 heterocycles. The Labute approximate surface area is 139 Å². The third-order valence-corrected chi connectivity index (χ3v) is 5.47. The van der Waals surface area contributed by atoms with Crippen LogP contribution in [0.2, 0.25) is 0 Å². The Kier molecular flexibility index (Phi) is 5.74. The topological polar surface area (TPSA) is 29.3 Å². The van der Waals surface area contributed by atoms with Crippen molar-refractivity contribution in [2.24, 2.45) is 5.73 Å². The van der Waals surface area contributed by atoms with Crippen molar-refractivity contribution in [2.75, 3.05) is 13.6 Å². The molecule has 1 aromatic carbocycles. The van der Waals surface area contributed by atoms with Gasteiger partial charge in [0.1, 0.15) is 5.82 Å². The minimum Gasteiger partial charge on any atom is -0.329 e. The lowest BCUT2D eigenvalue weighted by molar-refractivity contribution is 0.243. The highest BCUT2D eigenvalue weighted by atomic mass is 79.9. The molecule has 2 nitrogen and oxygen atoms in total. The Bertz CT molecular complexity index is 588. The first-order chi connectivity index (χ1) is 9.51. The summed E-state index contributed by atoms with van der Waals surface area (Å²) in [7, 11) is 2.03. The molecular formula is C14H15Br2FN2S. The zero-order chi connectivity index (χ0) is 14.7. The van der Waals surface area contributed by atoms with Crippen molar-refractivity contribution in [3.63, 3.8) is 0 Å². The molecular weight excluding hydrogens is 407 g/mol. The molecule has 0 aliphatic carbocycles. The second kappa shape index (κ2) is 7.13. The van der Waals surface area contributed by atoms with Crippen LogP contribution in [0.3, 0.4) is 0 Å². The van der Waals surface area contributed by atoms with Crippen molar-refractivity contribution < 1.29 is 4.39 Å². The fourth-order valence-electron chi connectivity index (χ4n) is 2.11. The molecule has 0 saturated heterocycles.